The molecule has 0 saturated carbocycles. The number of nitrogens with zero attached hydrogens (tertiary/aromatic N) is 1. The molecule has 0 aromatic heterocycles. The van der Waals surface area contributed by atoms with Crippen molar-refractivity contribution in [2.75, 3.05) is 0 Å². The summed E-state index contributed by atoms with van der Waals surface area (Å²) in [4.78, 5) is 4.05. The van der Waals surface area contributed by atoms with Crippen LogP contribution in [0.25, 0.3) is 0 Å². The standard InChI is InChI=1S/C8H14N2/c1-4-5-10-8(6-9)7(2)3/h4-7,9H,1-3H3/b5-4-,9-6?,10-8+. The van der Waals surface area contributed by atoms with Crippen LogP contribution in [0.1, 0.15) is 20.8 Å². The first-order valence-corrected chi connectivity index (χ1v) is 3.41. The van der Waals surface area contributed by atoms with E-state index < -0.39 is 0 Å². The molecule has 0 atom stereocenters. The maximum absolute atomic E-state index is 6.98. The van der Waals surface area contributed by atoms with E-state index in [1.54, 1.807) is 6.20 Å². The van der Waals surface area contributed by atoms with Gasteiger partial charge in [-0.15, -0.1) is 0 Å². The van der Waals surface area contributed by atoms with Gasteiger partial charge in [-0.3, -0.25) is 4.99 Å². The van der Waals surface area contributed by atoms with Crippen molar-refractivity contribution in [1.29, 1.82) is 5.41 Å². The van der Waals surface area contributed by atoms with Crippen LogP contribution in [0.2, 0.25) is 0 Å². The number of rotatable bonds is 3. The molecule has 0 aliphatic carbocycles. The first kappa shape index (κ1) is 9.08. The zero-order valence-corrected chi connectivity index (χ0v) is 6.76. The van der Waals surface area contributed by atoms with E-state index in [0.29, 0.717) is 5.92 Å². The van der Waals surface area contributed by atoms with Gasteiger partial charge >= 0.3 is 0 Å². The first-order valence-electron chi connectivity index (χ1n) is 3.41. The molecule has 0 heterocycles. The average molecular weight is 138 g/mol. The van der Waals surface area contributed by atoms with Gasteiger partial charge in [0.2, 0.25) is 0 Å². The average Bonchev–Trinajstić information content (AvgIpc) is 1.89. The third-order valence-corrected chi connectivity index (χ3v) is 1.11. The first-order chi connectivity index (χ1) is 4.72. The number of allylic oxidation sites excluding steroid dienone is 1. The molecule has 0 rings (SSSR count). The van der Waals surface area contributed by atoms with Crippen LogP contribution in [0.5, 0.6) is 0 Å². The second-order valence-electron chi connectivity index (χ2n) is 2.34. The molecule has 0 aromatic rings. The second kappa shape index (κ2) is 4.91. The monoisotopic (exact) mass is 138 g/mol. The summed E-state index contributed by atoms with van der Waals surface area (Å²) in [6.45, 7) is 5.95. The van der Waals surface area contributed by atoms with Crippen molar-refractivity contribution in [1.82, 2.24) is 0 Å². The Morgan fingerprint density at radius 2 is 2.10 bits per heavy atom. The molecule has 2 nitrogen and oxygen atoms in total. The fourth-order valence-corrected chi connectivity index (χ4v) is 0.514. The van der Waals surface area contributed by atoms with Crippen molar-refractivity contribution >= 4 is 11.9 Å². The Balaban J connectivity index is 4.18. The van der Waals surface area contributed by atoms with Crippen LogP contribution in [0.3, 0.4) is 0 Å². The summed E-state index contributed by atoms with van der Waals surface area (Å²) in [7, 11) is 0. The summed E-state index contributed by atoms with van der Waals surface area (Å²) < 4.78 is 0. The Kier molecular flexibility index (Phi) is 4.46. The molecular formula is C8H14N2. The molecule has 0 amide bonds. The summed E-state index contributed by atoms with van der Waals surface area (Å²) in [5.74, 6) is 0.341. The van der Waals surface area contributed by atoms with Gasteiger partial charge in [-0.2, -0.15) is 0 Å². The molecule has 0 fully saturated rings. The highest BCUT2D eigenvalue weighted by atomic mass is 14.7. The molecule has 0 unspecified atom stereocenters. The maximum atomic E-state index is 6.98. The van der Waals surface area contributed by atoms with Crippen LogP contribution in [-0.2, 0) is 0 Å². The van der Waals surface area contributed by atoms with Crippen LogP contribution in [0.4, 0.5) is 0 Å². The number of aliphatic imine (C=N–C) groups is 1. The highest BCUT2D eigenvalue weighted by Crippen LogP contribution is 1.94. The Morgan fingerprint density at radius 3 is 2.40 bits per heavy atom. The molecular weight excluding hydrogens is 124 g/mol. The van der Waals surface area contributed by atoms with Gasteiger partial charge < -0.3 is 5.41 Å². The van der Waals surface area contributed by atoms with Crippen LogP contribution in [-0.4, -0.2) is 11.9 Å². The fourth-order valence-electron chi connectivity index (χ4n) is 0.514. The molecule has 0 bridgehead atoms. The van der Waals surface area contributed by atoms with E-state index in [0.717, 1.165) is 5.71 Å². The molecule has 0 spiro atoms. The van der Waals surface area contributed by atoms with E-state index in [-0.39, 0.29) is 0 Å². The fraction of sp³-hybridized carbons (Fsp3) is 0.500. The lowest BCUT2D eigenvalue weighted by atomic mass is 10.1. The molecule has 0 aromatic carbocycles. The van der Waals surface area contributed by atoms with Gasteiger partial charge in [0.25, 0.3) is 0 Å². The smallest absolute Gasteiger partial charge is 0.0604 e. The molecule has 0 aliphatic heterocycles. The maximum Gasteiger partial charge on any atom is 0.0604 e. The largest absolute Gasteiger partial charge is 0.307 e. The van der Waals surface area contributed by atoms with Crippen molar-refractivity contribution in [2.24, 2.45) is 10.9 Å². The normalized spacial score (nSPS) is 13.0. The lowest BCUT2D eigenvalue weighted by Crippen LogP contribution is -2.07. The highest BCUT2D eigenvalue weighted by molar-refractivity contribution is 6.30. The predicted molar refractivity (Wildman–Crippen MR) is 45.9 cm³/mol. The van der Waals surface area contributed by atoms with Crippen LogP contribution in [0, 0.1) is 11.3 Å². The van der Waals surface area contributed by atoms with Crippen LogP contribution >= 0.6 is 0 Å². The second-order valence-corrected chi connectivity index (χ2v) is 2.34. The summed E-state index contributed by atoms with van der Waals surface area (Å²) >= 11 is 0. The van der Waals surface area contributed by atoms with Gasteiger partial charge in [-0.1, -0.05) is 19.9 Å². The van der Waals surface area contributed by atoms with E-state index in [9.17, 15) is 0 Å². The quantitative estimate of drug-likeness (QED) is 0.581. The predicted octanol–water partition coefficient (Wildman–Crippen LogP) is 2.27. The molecule has 2 heteroatoms. The van der Waals surface area contributed by atoms with Gasteiger partial charge in [0.05, 0.1) is 5.71 Å². The van der Waals surface area contributed by atoms with Crippen molar-refractivity contribution in [3.8, 4) is 0 Å². The minimum atomic E-state index is 0.341. The zero-order chi connectivity index (χ0) is 7.98. The van der Waals surface area contributed by atoms with Crippen molar-refractivity contribution in [3.05, 3.63) is 12.3 Å². The summed E-state index contributed by atoms with van der Waals surface area (Å²) in [5.41, 5.74) is 0.818. The molecule has 1 N–H and O–H groups in total. The summed E-state index contributed by atoms with van der Waals surface area (Å²) in [6.07, 6.45) is 4.86. The van der Waals surface area contributed by atoms with E-state index in [4.69, 9.17) is 5.41 Å². The molecule has 56 valence electrons. The van der Waals surface area contributed by atoms with E-state index in [2.05, 4.69) is 4.99 Å². The molecule has 0 aliphatic rings. The zero-order valence-electron chi connectivity index (χ0n) is 6.76. The van der Waals surface area contributed by atoms with E-state index in [1.165, 1.54) is 6.21 Å². The SMILES string of the molecule is C/C=C\N=C(/C=N)C(C)C. The van der Waals surface area contributed by atoms with Gasteiger partial charge in [0, 0.05) is 12.4 Å². The molecule has 10 heavy (non-hydrogen) atoms. The van der Waals surface area contributed by atoms with Crippen LogP contribution in [0.15, 0.2) is 17.3 Å². The minimum absolute atomic E-state index is 0.341. The summed E-state index contributed by atoms with van der Waals surface area (Å²) in [5, 5.41) is 6.98. The Bertz CT molecular complexity index is 155. The van der Waals surface area contributed by atoms with Gasteiger partial charge in [0.15, 0.2) is 0 Å². The van der Waals surface area contributed by atoms with Crippen molar-refractivity contribution in [2.45, 2.75) is 20.8 Å². The Labute approximate surface area is 62.2 Å². The third kappa shape index (κ3) is 3.17. The Hall–Kier alpha value is -0.920. The van der Waals surface area contributed by atoms with Gasteiger partial charge in [0.1, 0.15) is 0 Å². The van der Waals surface area contributed by atoms with Crippen LogP contribution < -0.4 is 0 Å². The number of hydrogen-bond donors (Lipinski definition) is 1. The van der Waals surface area contributed by atoms with Crippen molar-refractivity contribution in [3.63, 3.8) is 0 Å². The summed E-state index contributed by atoms with van der Waals surface area (Å²) in [6, 6.07) is 0. The van der Waals surface area contributed by atoms with E-state index in [1.807, 2.05) is 26.8 Å². The van der Waals surface area contributed by atoms with Gasteiger partial charge in [-0.25, -0.2) is 0 Å². The lowest BCUT2D eigenvalue weighted by molar-refractivity contribution is 0.895. The Morgan fingerprint density at radius 1 is 1.50 bits per heavy atom. The molecule has 0 radical (unpaired) electrons. The lowest BCUT2D eigenvalue weighted by Gasteiger charge is -1.99. The van der Waals surface area contributed by atoms with Crippen molar-refractivity contribution < 1.29 is 0 Å². The highest BCUT2D eigenvalue weighted by Gasteiger charge is 1.97. The number of hydrogen-bond acceptors (Lipinski definition) is 2. The third-order valence-electron chi connectivity index (χ3n) is 1.11. The topological polar surface area (TPSA) is 36.2 Å². The van der Waals surface area contributed by atoms with E-state index >= 15 is 0 Å². The molecule has 0 saturated heterocycles. The number of nitrogens with one attached hydrogen (secondary N) is 1. The van der Waals surface area contributed by atoms with Gasteiger partial charge in [-0.05, 0) is 12.8 Å². The minimum Gasteiger partial charge on any atom is -0.307 e.